The molecule has 0 unspecified atom stereocenters. The molecular weight excluding hydrogens is 229 g/mol. The standard InChI is InChI=1S/C6H12INO/c1-6(9)2-4-8(7)5-3-6/h9H,2-5H2,1H3. The van der Waals surface area contributed by atoms with Gasteiger partial charge in [0.25, 0.3) is 0 Å². The van der Waals surface area contributed by atoms with Gasteiger partial charge >= 0.3 is 0 Å². The molecule has 0 spiro atoms. The Morgan fingerprint density at radius 3 is 2.22 bits per heavy atom. The highest BCUT2D eigenvalue weighted by Crippen LogP contribution is 2.22. The molecule has 0 radical (unpaired) electrons. The van der Waals surface area contributed by atoms with E-state index in [0.29, 0.717) is 0 Å². The van der Waals surface area contributed by atoms with E-state index in [1.165, 1.54) is 0 Å². The van der Waals surface area contributed by atoms with Crippen LogP contribution in [0.25, 0.3) is 0 Å². The molecule has 1 N–H and O–H groups in total. The van der Waals surface area contributed by atoms with E-state index in [1.54, 1.807) is 0 Å². The second kappa shape index (κ2) is 2.72. The average Bonchev–Trinajstić information content (AvgIpc) is 1.78. The number of halogens is 1. The normalized spacial score (nSPS) is 28.3. The van der Waals surface area contributed by atoms with Crippen LogP contribution in [0.3, 0.4) is 0 Å². The fourth-order valence-corrected chi connectivity index (χ4v) is 1.44. The molecule has 1 fully saturated rings. The van der Waals surface area contributed by atoms with Crippen molar-refractivity contribution >= 4 is 22.9 Å². The van der Waals surface area contributed by atoms with E-state index in [2.05, 4.69) is 26.0 Å². The molecule has 1 rings (SSSR count). The van der Waals surface area contributed by atoms with E-state index in [1.807, 2.05) is 6.92 Å². The van der Waals surface area contributed by atoms with Gasteiger partial charge in [0, 0.05) is 36.0 Å². The van der Waals surface area contributed by atoms with Crippen molar-refractivity contribution in [3.63, 3.8) is 0 Å². The van der Waals surface area contributed by atoms with Crippen LogP contribution in [0.2, 0.25) is 0 Å². The lowest BCUT2D eigenvalue weighted by Crippen LogP contribution is -2.37. The van der Waals surface area contributed by atoms with Gasteiger partial charge in [0.2, 0.25) is 0 Å². The van der Waals surface area contributed by atoms with Gasteiger partial charge < -0.3 is 5.11 Å². The molecule has 0 aromatic rings. The van der Waals surface area contributed by atoms with Crippen LogP contribution in [0.4, 0.5) is 0 Å². The summed E-state index contributed by atoms with van der Waals surface area (Å²) in [6.07, 6.45) is 1.83. The number of nitrogens with zero attached hydrogens (tertiary/aromatic N) is 1. The summed E-state index contributed by atoms with van der Waals surface area (Å²) in [4.78, 5) is 0. The highest BCUT2D eigenvalue weighted by Gasteiger charge is 2.25. The van der Waals surface area contributed by atoms with Crippen LogP contribution >= 0.6 is 22.9 Å². The van der Waals surface area contributed by atoms with Crippen molar-refractivity contribution < 1.29 is 5.11 Å². The predicted octanol–water partition coefficient (Wildman–Crippen LogP) is 1.18. The zero-order valence-corrected chi connectivity index (χ0v) is 7.76. The maximum atomic E-state index is 9.46. The largest absolute Gasteiger partial charge is 0.390 e. The average molecular weight is 241 g/mol. The Morgan fingerprint density at radius 1 is 1.44 bits per heavy atom. The first-order valence-corrected chi connectivity index (χ1v) is 4.20. The van der Waals surface area contributed by atoms with Crippen LogP contribution < -0.4 is 0 Å². The second-order valence-corrected chi connectivity index (χ2v) is 4.27. The summed E-state index contributed by atoms with van der Waals surface area (Å²) >= 11 is 2.30. The molecule has 3 heteroatoms. The zero-order valence-electron chi connectivity index (χ0n) is 5.60. The smallest absolute Gasteiger partial charge is 0.0644 e. The zero-order chi connectivity index (χ0) is 6.91. The number of hydrogen-bond donors (Lipinski definition) is 1. The van der Waals surface area contributed by atoms with Crippen LogP contribution in [-0.4, -0.2) is 26.9 Å². The molecule has 1 aliphatic rings. The van der Waals surface area contributed by atoms with Gasteiger partial charge in [-0.05, 0) is 19.8 Å². The summed E-state index contributed by atoms with van der Waals surface area (Å²) in [6.45, 7) is 3.96. The quantitative estimate of drug-likeness (QED) is 0.508. The van der Waals surface area contributed by atoms with Gasteiger partial charge in [-0.15, -0.1) is 0 Å². The van der Waals surface area contributed by atoms with Crippen molar-refractivity contribution in [1.29, 1.82) is 0 Å². The molecule has 2 nitrogen and oxygen atoms in total. The van der Waals surface area contributed by atoms with E-state index in [0.717, 1.165) is 25.9 Å². The van der Waals surface area contributed by atoms with Crippen LogP contribution in [-0.2, 0) is 0 Å². The van der Waals surface area contributed by atoms with Gasteiger partial charge in [-0.3, -0.25) is 0 Å². The third kappa shape index (κ3) is 2.39. The third-order valence-corrected chi connectivity index (χ3v) is 2.75. The predicted molar refractivity (Wildman–Crippen MR) is 45.5 cm³/mol. The first-order chi connectivity index (χ1) is 4.10. The van der Waals surface area contributed by atoms with Crippen LogP contribution in [0.5, 0.6) is 0 Å². The molecule has 0 bridgehead atoms. The minimum Gasteiger partial charge on any atom is -0.390 e. The number of hydrogen-bond acceptors (Lipinski definition) is 2. The molecule has 0 aromatic carbocycles. The first-order valence-electron chi connectivity index (χ1n) is 3.23. The number of aliphatic hydroxyl groups is 1. The van der Waals surface area contributed by atoms with E-state index in [4.69, 9.17) is 0 Å². The molecule has 9 heavy (non-hydrogen) atoms. The van der Waals surface area contributed by atoms with Gasteiger partial charge in [-0.1, -0.05) is 0 Å². The van der Waals surface area contributed by atoms with Crippen molar-refractivity contribution in [2.45, 2.75) is 25.4 Å². The fraction of sp³-hybridized carbons (Fsp3) is 1.00. The lowest BCUT2D eigenvalue weighted by molar-refractivity contribution is 0.0173. The fourth-order valence-electron chi connectivity index (χ4n) is 0.961. The Morgan fingerprint density at radius 2 is 1.89 bits per heavy atom. The highest BCUT2D eigenvalue weighted by atomic mass is 127. The monoisotopic (exact) mass is 241 g/mol. The lowest BCUT2D eigenvalue weighted by Gasteiger charge is -2.32. The summed E-state index contributed by atoms with van der Waals surface area (Å²) in [7, 11) is 0. The SMILES string of the molecule is CC1(O)CCN(I)CC1. The third-order valence-electron chi connectivity index (χ3n) is 1.79. The maximum absolute atomic E-state index is 9.46. The molecular formula is C6H12INO. The maximum Gasteiger partial charge on any atom is 0.0644 e. The van der Waals surface area contributed by atoms with E-state index < -0.39 is 0 Å². The van der Waals surface area contributed by atoms with Crippen molar-refractivity contribution in [1.82, 2.24) is 3.11 Å². The number of piperidine rings is 1. The molecule has 1 heterocycles. The molecule has 0 aliphatic carbocycles. The van der Waals surface area contributed by atoms with Gasteiger partial charge in [-0.25, -0.2) is 3.11 Å². The van der Waals surface area contributed by atoms with Crippen LogP contribution in [0.15, 0.2) is 0 Å². The van der Waals surface area contributed by atoms with Gasteiger partial charge in [0.05, 0.1) is 5.60 Å². The topological polar surface area (TPSA) is 23.5 Å². The van der Waals surface area contributed by atoms with E-state index in [-0.39, 0.29) is 5.60 Å². The van der Waals surface area contributed by atoms with Gasteiger partial charge in [0.15, 0.2) is 0 Å². The van der Waals surface area contributed by atoms with Crippen molar-refractivity contribution in [3.8, 4) is 0 Å². The van der Waals surface area contributed by atoms with Crippen molar-refractivity contribution in [3.05, 3.63) is 0 Å². The Kier molecular flexibility index (Phi) is 2.34. The molecule has 0 aromatic heterocycles. The molecule has 0 amide bonds. The summed E-state index contributed by atoms with van der Waals surface area (Å²) in [5, 5.41) is 9.46. The Labute approximate surface area is 69.7 Å². The summed E-state index contributed by atoms with van der Waals surface area (Å²) in [6, 6.07) is 0. The highest BCUT2D eigenvalue weighted by molar-refractivity contribution is 14.1. The molecule has 54 valence electrons. The molecule has 1 aliphatic heterocycles. The van der Waals surface area contributed by atoms with E-state index >= 15 is 0 Å². The van der Waals surface area contributed by atoms with Gasteiger partial charge in [-0.2, -0.15) is 0 Å². The Balaban J connectivity index is 2.35. The number of rotatable bonds is 0. The molecule has 0 atom stereocenters. The summed E-state index contributed by atoms with van der Waals surface area (Å²) < 4.78 is 2.22. The molecule has 0 saturated carbocycles. The van der Waals surface area contributed by atoms with Crippen LogP contribution in [0.1, 0.15) is 19.8 Å². The lowest BCUT2D eigenvalue weighted by atomic mass is 9.95. The minimum atomic E-state index is -0.387. The molecule has 1 saturated heterocycles. The minimum absolute atomic E-state index is 0.387. The Bertz CT molecular complexity index is 95.2. The van der Waals surface area contributed by atoms with Crippen molar-refractivity contribution in [2.75, 3.05) is 13.1 Å². The van der Waals surface area contributed by atoms with Gasteiger partial charge in [0.1, 0.15) is 0 Å². The van der Waals surface area contributed by atoms with Crippen LogP contribution in [0, 0.1) is 0 Å². The van der Waals surface area contributed by atoms with Crippen molar-refractivity contribution in [2.24, 2.45) is 0 Å². The summed E-state index contributed by atoms with van der Waals surface area (Å²) in [5.74, 6) is 0. The second-order valence-electron chi connectivity index (χ2n) is 2.91. The Hall–Kier alpha value is 0.650. The summed E-state index contributed by atoms with van der Waals surface area (Å²) in [5.41, 5.74) is -0.387. The van der Waals surface area contributed by atoms with E-state index in [9.17, 15) is 5.11 Å². The first kappa shape index (κ1) is 7.75.